The van der Waals surface area contributed by atoms with Crippen molar-refractivity contribution in [3.63, 3.8) is 0 Å². The molecule has 0 saturated carbocycles. The Morgan fingerprint density at radius 3 is 2.60 bits per heavy atom. The molecule has 0 aliphatic heterocycles. The average molecular weight is 216 g/mol. The second-order valence-electron chi connectivity index (χ2n) is 3.04. The van der Waals surface area contributed by atoms with Gasteiger partial charge < -0.3 is 4.74 Å². The Labute approximate surface area is 86.2 Å². The van der Waals surface area contributed by atoms with E-state index in [9.17, 15) is 13.2 Å². The van der Waals surface area contributed by atoms with Gasteiger partial charge in [0.25, 0.3) is 0 Å². The first-order valence-electron chi connectivity index (χ1n) is 4.41. The van der Waals surface area contributed by atoms with Crippen LogP contribution in [0.15, 0.2) is 47.8 Å². The highest BCUT2D eigenvalue weighted by Crippen LogP contribution is 2.26. The molecule has 0 radical (unpaired) electrons. The smallest absolute Gasteiger partial charge is 0.406 e. The first-order valence-corrected chi connectivity index (χ1v) is 4.41. The number of alkyl halides is 3. The molecule has 4 heteroatoms. The molecule has 82 valence electrons. The van der Waals surface area contributed by atoms with Gasteiger partial charge in [-0.15, -0.1) is 13.2 Å². The molecule has 1 rings (SSSR count). The Kier molecular flexibility index (Phi) is 3.39. The minimum atomic E-state index is -4.65. The molecule has 0 aromatic rings. The number of hydrogen-bond donors (Lipinski definition) is 0. The Morgan fingerprint density at radius 2 is 2.20 bits per heavy atom. The van der Waals surface area contributed by atoms with Crippen molar-refractivity contribution in [3.8, 4) is 0 Å². The summed E-state index contributed by atoms with van der Waals surface area (Å²) in [5.41, 5.74) is 1.47. The van der Waals surface area contributed by atoms with Crippen molar-refractivity contribution in [1.29, 1.82) is 0 Å². The molecule has 0 bridgehead atoms. The lowest BCUT2D eigenvalue weighted by atomic mass is 10.1. The molecule has 0 unspecified atom stereocenters. The van der Waals surface area contributed by atoms with Crippen molar-refractivity contribution >= 4 is 0 Å². The lowest BCUT2D eigenvalue weighted by molar-refractivity contribution is -0.303. The van der Waals surface area contributed by atoms with Gasteiger partial charge in [-0.1, -0.05) is 18.7 Å². The maximum Gasteiger partial charge on any atom is 0.573 e. The summed E-state index contributed by atoms with van der Waals surface area (Å²) in [4.78, 5) is 0. The van der Waals surface area contributed by atoms with E-state index >= 15 is 0 Å². The SMILES string of the molecule is C=C1C=CC/C1=C/C(=C\C)OC(F)(F)F. The van der Waals surface area contributed by atoms with Gasteiger partial charge in [-0.05, 0) is 36.6 Å². The number of ether oxygens (including phenoxy) is 1. The van der Waals surface area contributed by atoms with Crippen LogP contribution in [0.3, 0.4) is 0 Å². The Hall–Kier alpha value is -1.45. The summed E-state index contributed by atoms with van der Waals surface area (Å²) in [6, 6.07) is 0. The second kappa shape index (κ2) is 4.38. The van der Waals surface area contributed by atoms with Crippen LogP contribution >= 0.6 is 0 Å². The van der Waals surface area contributed by atoms with Crippen LogP contribution < -0.4 is 0 Å². The molecule has 0 spiro atoms. The first kappa shape index (κ1) is 11.6. The minimum Gasteiger partial charge on any atom is -0.406 e. The summed E-state index contributed by atoms with van der Waals surface area (Å²) in [6.45, 7) is 5.19. The molecule has 0 amide bonds. The molecule has 0 atom stereocenters. The Balaban J connectivity index is 2.75. The highest BCUT2D eigenvalue weighted by atomic mass is 19.4. The van der Waals surface area contributed by atoms with Crippen molar-refractivity contribution < 1.29 is 17.9 Å². The first-order chi connectivity index (χ1) is 6.92. The van der Waals surface area contributed by atoms with Gasteiger partial charge in [0.05, 0.1) is 0 Å². The van der Waals surface area contributed by atoms with Gasteiger partial charge in [-0.2, -0.15) is 0 Å². The third-order valence-corrected chi connectivity index (χ3v) is 1.90. The van der Waals surface area contributed by atoms with Gasteiger partial charge in [0.15, 0.2) is 0 Å². The molecular formula is C11H11F3O. The van der Waals surface area contributed by atoms with Gasteiger partial charge >= 0.3 is 6.36 Å². The van der Waals surface area contributed by atoms with Crippen LogP contribution in [0.4, 0.5) is 13.2 Å². The Morgan fingerprint density at radius 1 is 1.53 bits per heavy atom. The third kappa shape index (κ3) is 3.65. The topological polar surface area (TPSA) is 9.23 Å². The molecule has 0 fully saturated rings. The van der Waals surface area contributed by atoms with E-state index in [4.69, 9.17) is 0 Å². The van der Waals surface area contributed by atoms with Crippen LogP contribution in [0.2, 0.25) is 0 Å². The summed E-state index contributed by atoms with van der Waals surface area (Å²) in [6.07, 6.45) is 2.19. The summed E-state index contributed by atoms with van der Waals surface area (Å²) in [7, 11) is 0. The summed E-state index contributed by atoms with van der Waals surface area (Å²) in [5.74, 6) is -0.206. The van der Waals surface area contributed by atoms with E-state index in [1.165, 1.54) is 19.1 Å². The minimum absolute atomic E-state index is 0.206. The van der Waals surface area contributed by atoms with Crippen LogP contribution in [0.1, 0.15) is 13.3 Å². The highest BCUT2D eigenvalue weighted by Gasteiger charge is 2.31. The van der Waals surface area contributed by atoms with Crippen molar-refractivity contribution in [2.24, 2.45) is 0 Å². The van der Waals surface area contributed by atoms with E-state index in [0.29, 0.717) is 6.42 Å². The number of halogens is 3. The largest absolute Gasteiger partial charge is 0.573 e. The van der Waals surface area contributed by atoms with Gasteiger partial charge in [-0.3, -0.25) is 0 Å². The lowest BCUT2D eigenvalue weighted by Gasteiger charge is -2.10. The average Bonchev–Trinajstić information content (AvgIpc) is 2.48. The molecule has 1 nitrogen and oxygen atoms in total. The molecule has 15 heavy (non-hydrogen) atoms. The zero-order valence-electron chi connectivity index (χ0n) is 8.27. The van der Waals surface area contributed by atoms with Crippen molar-refractivity contribution in [2.75, 3.05) is 0 Å². The van der Waals surface area contributed by atoms with E-state index in [-0.39, 0.29) is 5.76 Å². The highest BCUT2D eigenvalue weighted by molar-refractivity contribution is 5.46. The Bertz CT molecular complexity index is 345. The standard InChI is InChI=1S/C11H11F3O/c1-3-10(15-11(12,13)14)7-9-6-4-5-8(9)2/h3-5,7H,2,6H2,1H3/b9-7-,10-3+. The van der Waals surface area contributed by atoms with Gasteiger partial charge in [0.2, 0.25) is 0 Å². The molecule has 0 heterocycles. The van der Waals surface area contributed by atoms with Gasteiger partial charge in [0.1, 0.15) is 5.76 Å². The number of allylic oxidation sites excluding steroid dienone is 6. The zero-order valence-corrected chi connectivity index (χ0v) is 8.27. The quantitative estimate of drug-likeness (QED) is 0.636. The predicted octanol–water partition coefficient (Wildman–Crippen LogP) is 3.87. The molecule has 0 aromatic heterocycles. The summed E-state index contributed by atoms with van der Waals surface area (Å²) >= 11 is 0. The molecule has 1 aliphatic carbocycles. The summed E-state index contributed by atoms with van der Waals surface area (Å²) in [5, 5.41) is 0. The van der Waals surface area contributed by atoms with E-state index in [1.54, 1.807) is 6.08 Å². The van der Waals surface area contributed by atoms with Crippen molar-refractivity contribution in [3.05, 3.63) is 47.8 Å². The van der Waals surface area contributed by atoms with Crippen LogP contribution in [-0.4, -0.2) is 6.36 Å². The zero-order chi connectivity index (χ0) is 11.5. The van der Waals surface area contributed by atoms with Crippen LogP contribution in [0.5, 0.6) is 0 Å². The molecule has 0 saturated heterocycles. The maximum absolute atomic E-state index is 11.9. The van der Waals surface area contributed by atoms with Crippen LogP contribution in [0.25, 0.3) is 0 Å². The van der Waals surface area contributed by atoms with E-state index < -0.39 is 6.36 Å². The molecule has 0 N–H and O–H groups in total. The van der Waals surface area contributed by atoms with Crippen molar-refractivity contribution in [2.45, 2.75) is 19.7 Å². The van der Waals surface area contributed by atoms with Crippen LogP contribution in [0, 0.1) is 0 Å². The fourth-order valence-electron chi connectivity index (χ4n) is 1.19. The number of hydrogen-bond acceptors (Lipinski definition) is 1. The number of rotatable bonds is 2. The fourth-order valence-corrected chi connectivity index (χ4v) is 1.19. The van der Waals surface area contributed by atoms with E-state index in [1.807, 2.05) is 6.08 Å². The van der Waals surface area contributed by atoms with Crippen LogP contribution in [-0.2, 0) is 4.74 Å². The van der Waals surface area contributed by atoms with E-state index in [0.717, 1.165) is 11.1 Å². The second-order valence-corrected chi connectivity index (χ2v) is 3.04. The van der Waals surface area contributed by atoms with Gasteiger partial charge in [-0.25, -0.2) is 0 Å². The molecule has 0 aromatic carbocycles. The maximum atomic E-state index is 11.9. The van der Waals surface area contributed by atoms with Gasteiger partial charge in [0, 0.05) is 0 Å². The lowest BCUT2D eigenvalue weighted by Crippen LogP contribution is -2.12. The normalized spacial score (nSPS) is 20.1. The van der Waals surface area contributed by atoms with E-state index in [2.05, 4.69) is 11.3 Å². The molecule has 1 aliphatic rings. The fraction of sp³-hybridized carbons (Fsp3) is 0.273. The monoisotopic (exact) mass is 216 g/mol. The summed E-state index contributed by atoms with van der Waals surface area (Å²) < 4.78 is 39.6. The third-order valence-electron chi connectivity index (χ3n) is 1.90. The molecular weight excluding hydrogens is 205 g/mol. The predicted molar refractivity (Wildman–Crippen MR) is 51.9 cm³/mol. The van der Waals surface area contributed by atoms with Crippen molar-refractivity contribution in [1.82, 2.24) is 0 Å².